The van der Waals surface area contributed by atoms with E-state index in [4.69, 9.17) is 5.73 Å². The molecule has 0 saturated heterocycles. The van der Waals surface area contributed by atoms with Gasteiger partial charge in [-0.15, -0.1) is 0 Å². The predicted octanol–water partition coefficient (Wildman–Crippen LogP) is 3.21. The van der Waals surface area contributed by atoms with E-state index in [2.05, 4.69) is 35.1 Å². The zero-order valence-corrected chi connectivity index (χ0v) is 13.5. The van der Waals surface area contributed by atoms with Crippen molar-refractivity contribution in [2.24, 2.45) is 0 Å². The van der Waals surface area contributed by atoms with Crippen molar-refractivity contribution < 1.29 is 4.79 Å². The lowest BCUT2D eigenvalue weighted by molar-refractivity contribution is 0.0950. The molecule has 0 aliphatic rings. The van der Waals surface area contributed by atoms with E-state index in [9.17, 15) is 4.79 Å². The maximum atomic E-state index is 12.1. The van der Waals surface area contributed by atoms with Gasteiger partial charge >= 0.3 is 0 Å². The summed E-state index contributed by atoms with van der Waals surface area (Å²) >= 11 is 5.08. The highest BCUT2D eigenvalue weighted by atomic mass is 79.9. The van der Waals surface area contributed by atoms with Gasteiger partial charge in [0.25, 0.3) is 5.91 Å². The Hall–Kier alpha value is -0.680. The van der Waals surface area contributed by atoms with Crippen LogP contribution in [0.2, 0.25) is 0 Å². The summed E-state index contributed by atoms with van der Waals surface area (Å²) < 4.78 is 0.848. The van der Waals surface area contributed by atoms with Crippen LogP contribution in [0, 0.1) is 6.92 Å². The minimum atomic E-state index is -0.0809. The molecule has 3 nitrogen and oxygen atoms in total. The van der Waals surface area contributed by atoms with E-state index in [1.165, 1.54) is 0 Å². The van der Waals surface area contributed by atoms with Crippen LogP contribution in [0.4, 0.5) is 5.69 Å². The highest BCUT2D eigenvalue weighted by molar-refractivity contribution is 9.10. The average Bonchev–Trinajstić information content (AvgIpc) is 2.31. The molecule has 1 amide bonds. The first kappa shape index (κ1) is 15.4. The number of rotatable bonds is 4. The topological polar surface area (TPSA) is 55.1 Å². The van der Waals surface area contributed by atoms with Gasteiger partial charge in [-0.1, -0.05) is 15.9 Å². The monoisotopic (exact) mass is 330 g/mol. The number of hydrogen-bond donors (Lipinski definition) is 2. The lowest BCUT2D eigenvalue weighted by atomic mass is 10.1. The van der Waals surface area contributed by atoms with Crippen molar-refractivity contribution in [1.82, 2.24) is 5.32 Å². The average molecular weight is 331 g/mol. The number of anilines is 1. The van der Waals surface area contributed by atoms with Gasteiger partial charge in [0.2, 0.25) is 0 Å². The molecule has 0 spiro atoms. The van der Waals surface area contributed by atoms with Crippen LogP contribution in [0.25, 0.3) is 0 Å². The Morgan fingerprint density at radius 1 is 1.50 bits per heavy atom. The van der Waals surface area contributed by atoms with Gasteiger partial charge in [0, 0.05) is 27.0 Å². The number of carbonyl (C=O) groups excluding carboxylic acids is 1. The molecule has 1 aromatic carbocycles. The number of nitrogen functional groups attached to an aromatic ring is 1. The van der Waals surface area contributed by atoms with Crippen molar-refractivity contribution in [3.63, 3.8) is 0 Å². The Morgan fingerprint density at radius 3 is 2.67 bits per heavy atom. The molecule has 1 rings (SSSR count). The maximum Gasteiger partial charge on any atom is 0.251 e. The van der Waals surface area contributed by atoms with Crippen molar-refractivity contribution >= 4 is 39.3 Å². The van der Waals surface area contributed by atoms with Crippen LogP contribution < -0.4 is 11.1 Å². The first-order chi connectivity index (χ1) is 8.26. The van der Waals surface area contributed by atoms with Crippen molar-refractivity contribution in [1.29, 1.82) is 0 Å². The van der Waals surface area contributed by atoms with Crippen molar-refractivity contribution in [3.05, 3.63) is 27.7 Å². The smallest absolute Gasteiger partial charge is 0.251 e. The number of nitrogens with two attached hydrogens (primary N) is 1. The Kier molecular flexibility index (Phi) is 5.10. The van der Waals surface area contributed by atoms with Gasteiger partial charge in [-0.05, 0) is 44.7 Å². The quantitative estimate of drug-likeness (QED) is 0.833. The fourth-order valence-electron chi connectivity index (χ4n) is 1.40. The first-order valence-corrected chi connectivity index (χ1v) is 7.67. The van der Waals surface area contributed by atoms with E-state index in [0.717, 1.165) is 10.0 Å². The van der Waals surface area contributed by atoms with Gasteiger partial charge in [-0.2, -0.15) is 11.8 Å². The summed E-state index contributed by atoms with van der Waals surface area (Å²) in [4.78, 5) is 12.1. The fraction of sp³-hybridized carbons (Fsp3) is 0.462. The molecular formula is C13H19BrN2OS. The SMILES string of the molecule is CSC(C)(C)CNC(=O)c1cc(Br)cc(N)c1C. The van der Waals surface area contributed by atoms with Crippen LogP contribution in [-0.2, 0) is 0 Å². The normalized spacial score (nSPS) is 11.4. The van der Waals surface area contributed by atoms with E-state index in [0.29, 0.717) is 17.8 Å². The molecule has 18 heavy (non-hydrogen) atoms. The van der Waals surface area contributed by atoms with Gasteiger partial charge in [-0.25, -0.2) is 0 Å². The molecule has 5 heteroatoms. The summed E-state index contributed by atoms with van der Waals surface area (Å²) in [6.07, 6.45) is 2.04. The molecule has 100 valence electrons. The molecule has 0 heterocycles. The van der Waals surface area contributed by atoms with E-state index in [1.807, 2.05) is 13.2 Å². The van der Waals surface area contributed by atoms with Gasteiger partial charge in [0.1, 0.15) is 0 Å². The summed E-state index contributed by atoms with van der Waals surface area (Å²) in [7, 11) is 0. The maximum absolute atomic E-state index is 12.1. The van der Waals surface area contributed by atoms with Crippen molar-refractivity contribution in [2.75, 3.05) is 18.5 Å². The molecule has 0 unspecified atom stereocenters. The lowest BCUT2D eigenvalue weighted by Gasteiger charge is -2.22. The second-order valence-corrected chi connectivity index (χ2v) is 7.24. The second kappa shape index (κ2) is 5.97. The molecule has 0 atom stereocenters. The highest BCUT2D eigenvalue weighted by Crippen LogP contribution is 2.23. The number of thioether (sulfide) groups is 1. The molecule has 0 aliphatic heterocycles. The summed E-state index contributed by atoms with van der Waals surface area (Å²) in [5.41, 5.74) is 7.92. The van der Waals surface area contributed by atoms with E-state index >= 15 is 0 Å². The summed E-state index contributed by atoms with van der Waals surface area (Å²) in [6.45, 7) is 6.68. The Labute approximate surface area is 121 Å². The summed E-state index contributed by atoms with van der Waals surface area (Å²) in [6, 6.07) is 3.60. The lowest BCUT2D eigenvalue weighted by Crippen LogP contribution is -2.36. The van der Waals surface area contributed by atoms with Crippen LogP contribution in [-0.4, -0.2) is 23.5 Å². The van der Waals surface area contributed by atoms with Crippen LogP contribution in [0.1, 0.15) is 29.8 Å². The van der Waals surface area contributed by atoms with Gasteiger partial charge < -0.3 is 11.1 Å². The molecule has 0 radical (unpaired) electrons. The summed E-state index contributed by atoms with van der Waals surface area (Å²) in [5.74, 6) is -0.0809. The Bertz CT molecular complexity index is 461. The third-order valence-electron chi connectivity index (χ3n) is 2.88. The molecule has 0 bridgehead atoms. The predicted molar refractivity (Wildman–Crippen MR) is 83.2 cm³/mol. The van der Waals surface area contributed by atoms with E-state index in [1.54, 1.807) is 23.9 Å². The number of benzene rings is 1. The zero-order valence-electron chi connectivity index (χ0n) is 11.1. The first-order valence-electron chi connectivity index (χ1n) is 5.66. The standard InChI is InChI=1S/C13H19BrN2OS/c1-8-10(5-9(14)6-11(8)15)12(17)16-7-13(2,3)18-4/h5-6H,7,15H2,1-4H3,(H,16,17). The minimum Gasteiger partial charge on any atom is -0.398 e. The van der Waals surface area contributed by atoms with Crippen LogP contribution in [0.5, 0.6) is 0 Å². The number of nitrogens with one attached hydrogen (secondary N) is 1. The minimum absolute atomic E-state index is 0.0289. The van der Waals surface area contributed by atoms with Crippen LogP contribution in [0.3, 0.4) is 0 Å². The molecule has 0 aliphatic carbocycles. The van der Waals surface area contributed by atoms with Crippen LogP contribution in [0.15, 0.2) is 16.6 Å². The highest BCUT2D eigenvalue weighted by Gasteiger charge is 2.19. The van der Waals surface area contributed by atoms with Gasteiger partial charge in [-0.3, -0.25) is 4.79 Å². The molecule has 1 aromatic rings. The van der Waals surface area contributed by atoms with Crippen molar-refractivity contribution in [2.45, 2.75) is 25.5 Å². The molecular weight excluding hydrogens is 312 g/mol. The molecule has 0 aromatic heterocycles. The molecule has 3 N–H and O–H groups in total. The molecule has 0 fully saturated rings. The number of carbonyl (C=O) groups is 1. The Morgan fingerprint density at radius 2 is 2.11 bits per heavy atom. The fourth-order valence-corrected chi connectivity index (χ4v) is 2.09. The van der Waals surface area contributed by atoms with Gasteiger partial charge in [0.05, 0.1) is 0 Å². The third kappa shape index (κ3) is 3.92. The van der Waals surface area contributed by atoms with E-state index < -0.39 is 0 Å². The molecule has 0 saturated carbocycles. The second-order valence-electron chi connectivity index (χ2n) is 4.81. The van der Waals surface area contributed by atoms with Gasteiger partial charge in [0.15, 0.2) is 0 Å². The number of amides is 1. The largest absolute Gasteiger partial charge is 0.398 e. The summed E-state index contributed by atoms with van der Waals surface area (Å²) in [5, 5.41) is 2.95. The number of hydrogen-bond acceptors (Lipinski definition) is 3. The van der Waals surface area contributed by atoms with Crippen LogP contribution >= 0.6 is 27.7 Å². The van der Waals surface area contributed by atoms with Crippen molar-refractivity contribution in [3.8, 4) is 0 Å². The van der Waals surface area contributed by atoms with E-state index in [-0.39, 0.29) is 10.7 Å². The number of halogens is 1. The Balaban J connectivity index is 2.85. The zero-order chi connectivity index (χ0) is 13.9. The third-order valence-corrected chi connectivity index (χ3v) is 4.59.